The minimum absolute atomic E-state index is 0.698. The van der Waals surface area contributed by atoms with Crippen molar-refractivity contribution in [3.63, 3.8) is 0 Å². The van der Waals surface area contributed by atoms with Crippen LogP contribution in [0.1, 0.15) is 16.3 Å². The van der Waals surface area contributed by atoms with Gasteiger partial charge in [-0.15, -0.1) is 10.2 Å². The van der Waals surface area contributed by atoms with E-state index in [2.05, 4.69) is 35.8 Å². The summed E-state index contributed by atoms with van der Waals surface area (Å²) in [5, 5.41) is 12.6. The standard InChI is InChI=1S/C7H8BrN5S/c1-5-7(14-12-9-5)4-13-3-6(2-8)10-11-13/h3H,2,4H2,1H3. The van der Waals surface area contributed by atoms with E-state index in [1.807, 2.05) is 13.1 Å². The second-order valence-electron chi connectivity index (χ2n) is 2.82. The highest BCUT2D eigenvalue weighted by Crippen LogP contribution is 2.11. The predicted octanol–water partition coefficient (Wildman–Crippen LogP) is 1.38. The van der Waals surface area contributed by atoms with Gasteiger partial charge in [-0.2, -0.15) is 0 Å². The molecule has 5 nitrogen and oxygen atoms in total. The van der Waals surface area contributed by atoms with Crippen molar-refractivity contribution in [2.45, 2.75) is 18.8 Å². The van der Waals surface area contributed by atoms with Crippen LogP contribution in [0.5, 0.6) is 0 Å². The van der Waals surface area contributed by atoms with Gasteiger partial charge < -0.3 is 0 Å². The van der Waals surface area contributed by atoms with Crippen LogP contribution in [0.4, 0.5) is 0 Å². The summed E-state index contributed by atoms with van der Waals surface area (Å²) in [6, 6.07) is 0. The Labute approximate surface area is 93.4 Å². The van der Waals surface area contributed by atoms with Crippen LogP contribution in [0.25, 0.3) is 0 Å². The zero-order valence-electron chi connectivity index (χ0n) is 7.51. The summed E-state index contributed by atoms with van der Waals surface area (Å²) in [5.74, 6) is 0. The molecule has 0 saturated heterocycles. The van der Waals surface area contributed by atoms with E-state index in [4.69, 9.17) is 0 Å². The van der Waals surface area contributed by atoms with Crippen LogP contribution in [-0.4, -0.2) is 24.6 Å². The lowest BCUT2D eigenvalue weighted by atomic mass is 10.4. The van der Waals surface area contributed by atoms with Crippen LogP contribution in [0.3, 0.4) is 0 Å². The number of hydrogen-bond acceptors (Lipinski definition) is 5. The van der Waals surface area contributed by atoms with E-state index in [-0.39, 0.29) is 0 Å². The van der Waals surface area contributed by atoms with E-state index in [1.165, 1.54) is 11.5 Å². The molecule has 74 valence electrons. The maximum absolute atomic E-state index is 3.99. The van der Waals surface area contributed by atoms with Crippen molar-refractivity contribution >= 4 is 27.5 Å². The number of halogens is 1. The van der Waals surface area contributed by atoms with Crippen molar-refractivity contribution in [3.8, 4) is 0 Å². The lowest BCUT2D eigenvalue weighted by molar-refractivity contribution is 0.652. The van der Waals surface area contributed by atoms with Gasteiger partial charge in [0, 0.05) is 11.5 Å². The van der Waals surface area contributed by atoms with Gasteiger partial charge in [-0.1, -0.05) is 25.6 Å². The Hall–Kier alpha value is -0.820. The Morgan fingerprint density at radius 3 is 2.93 bits per heavy atom. The largest absolute Gasteiger partial charge is 0.247 e. The van der Waals surface area contributed by atoms with Crippen LogP contribution in [0.2, 0.25) is 0 Å². The van der Waals surface area contributed by atoms with Gasteiger partial charge in [0.1, 0.15) is 0 Å². The molecular formula is C7H8BrN5S. The third-order valence-electron chi connectivity index (χ3n) is 1.77. The highest BCUT2D eigenvalue weighted by atomic mass is 79.9. The highest BCUT2D eigenvalue weighted by molar-refractivity contribution is 9.08. The number of aromatic nitrogens is 5. The second-order valence-corrected chi connectivity index (χ2v) is 4.22. The van der Waals surface area contributed by atoms with Gasteiger partial charge in [0.05, 0.1) is 22.8 Å². The molecule has 0 unspecified atom stereocenters. The van der Waals surface area contributed by atoms with E-state index in [9.17, 15) is 0 Å². The van der Waals surface area contributed by atoms with Crippen molar-refractivity contribution in [2.75, 3.05) is 0 Å². The Balaban J connectivity index is 2.15. The predicted molar refractivity (Wildman–Crippen MR) is 56.4 cm³/mol. The normalized spacial score (nSPS) is 10.7. The molecule has 2 aromatic heterocycles. The molecule has 0 spiro atoms. The van der Waals surface area contributed by atoms with Gasteiger partial charge in [-0.3, -0.25) is 0 Å². The monoisotopic (exact) mass is 273 g/mol. The first-order valence-corrected chi connectivity index (χ1v) is 5.92. The van der Waals surface area contributed by atoms with E-state index in [1.54, 1.807) is 4.68 Å². The number of aryl methyl sites for hydroxylation is 1. The van der Waals surface area contributed by atoms with E-state index in [0.717, 1.165) is 21.6 Å². The molecule has 0 radical (unpaired) electrons. The Morgan fingerprint density at radius 2 is 2.36 bits per heavy atom. The summed E-state index contributed by atoms with van der Waals surface area (Å²) < 4.78 is 5.66. The smallest absolute Gasteiger partial charge is 0.0932 e. The number of hydrogen-bond donors (Lipinski definition) is 0. The molecule has 0 bridgehead atoms. The zero-order chi connectivity index (χ0) is 9.97. The van der Waals surface area contributed by atoms with E-state index in [0.29, 0.717) is 6.54 Å². The molecule has 2 rings (SSSR count). The lowest BCUT2D eigenvalue weighted by Crippen LogP contribution is -1.99. The first-order chi connectivity index (χ1) is 6.79. The maximum Gasteiger partial charge on any atom is 0.0932 e. The van der Waals surface area contributed by atoms with Crippen LogP contribution in [0, 0.1) is 6.92 Å². The summed E-state index contributed by atoms with van der Waals surface area (Å²) in [4.78, 5) is 1.12. The minimum atomic E-state index is 0.698. The molecule has 0 N–H and O–H groups in total. The molecule has 0 aliphatic carbocycles. The van der Waals surface area contributed by atoms with Crippen LogP contribution in [-0.2, 0) is 11.9 Å². The van der Waals surface area contributed by atoms with Crippen LogP contribution >= 0.6 is 27.5 Å². The van der Waals surface area contributed by atoms with Crippen molar-refractivity contribution in [2.24, 2.45) is 0 Å². The molecule has 0 atom stereocenters. The summed E-state index contributed by atoms with van der Waals surface area (Å²) in [6.45, 7) is 2.64. The molecule has 0 fully saturated rings. The second kappa shape index (κ2) is 4.14. The van der Waals surface area contributed by atoms with E-state index >= 15 is 0 Å². The molecule has 0 aromatic carbocycles. The number of nitrogens with zero attached hydrogens (tertiary/aromatic N) is 5. The van der Waals surface area contributed by atoms with Gasteiger partial charge >= 0.3 is 0 Å². The Morgan fingerprint density at radius 1 is 1.50 bits per heavy atom. The van der Waals surface area contributed by atoms with Crippen molar-refractivity contribution in [3.05, 3.63) is 22.5 Å². The Kier molecular flexibility index (Phi) is 2.87. The summed E-state index contributed by atoms with van der Waals surface area (Å²) >= 11 is 4.73. The molecule has 7 heteroatoms. The third kappa shape index (κ3) is 1.98. The van der Waals surface area contributed by atoms with Crippen molar-refractivity contribution in [1.82, 2.24) is 24.6 Å². The molecule has 0 saturated carbocycles. The molecule has 0 amide bonds. The van der Waals surface area contributed by atoms with Crippen LogP contribution in [0.15, 0.2) is 6.20 Å². The molecule has 0 aliphatic rings. The summed E-state index contributed by atoms with van der Waals surface area (Å²) in [6.07, 6.45) is 1.91. The quantitative estimate of drug-likeness (QED) is 0.793. The topological polar surface area (TPSA) is 56.5 Å². The van der Waals surface area contributed by atoms with Gasteiger partial charge in [-0.05, 0) is 18.5 Å². The first kappa shape index (κ1) is 9.72. The van der Waals surface area contributed by atoms with Gasteiger partial charge in [0.15, 0.2) is 0 Å². The molecule has 2 heterocycles. The first-order valence-electron chi connectivity index (χ1n) is 4.02. The van der Waals surface area contributed by atoms with E-state index < -0.39 is 0 Å². The van der Waals surface area contributed by atoms with Crippen molar-refractivity contribution < 1.29 is 0 Å². The summed E-state index contributed by atoms with van der Waals surface area (Å²) in [7, 11) is 0. The Bertz CT molecular complexity index is 423. The fraction of sp³-hybridized carbons (Fsp3) is 0.429. The summed E-state index contributed by atoms with van der Waals surface area (Å²) in [5.41, 5.74) is 1.89. The van der Waals surface area contributed by atoms with Gasteiger partial charge in [-0.25, -0.2) is 4.68 Å². The average molecular weight is 274 g/mol. The highest BCUT2D eigenvalue weighted by Gasteiger charge is 2.05. The SMILES string of the molecule is Cc1nnsc1Cn1cc(CBr)nn1. The van der Waals surface area contributed by atoms with Gasteiger partial charge in [0.25, 0.3) is 0 Å². The number of rotatable bonds is 3. The van der Waals surface area contributed by atoms with Gasteiger partial charge in [0.2, 0.25) is 0 Å². The molecule has 2 aromatic rings. The molecule has 14 heavy (non-hydrogen) atoms. The maximum atomic E-state index is 3.99. The zero-order valence-corrected chi connectivity index (χ0v) is 9.92. The third-order valence-corrected chi connectivity index (χ3v) is 3.16. The lowest BCUT2D eigenvalue weighted by Gasteiger charge is -1.95. The minimum Gasteiger partial charge on any atom is -0.247 e. The molecule has 0 aliphatic heterocycles. The fourth-order valence-electron chi connectivity index (χ4n) is 1.02. The average Bonchev–Trinajstić information content (AvgIpc) is 2.77. The molecular weight excluding hydrogens is 266 g/mol. The number of alkyl halides is 1. The van der Waals surface area contributed by atoms with Crippen LogP contribution < -0.4 is 0 Å². The van der Waals surface area contributed by atoms with Crippen molar-refractivity contribution in [1.29, 1.82) is 0 Å². The fourth-order valence-corrected chi connectivity index (χ4v) is 1.90.